The molecule has 6 heteroatoms. The van der Waals surface area contributed by atoms with Crippen LogP contribution in [-0.4, -0.2) is 44.9 Å². The predicted molar refractivity (Wildman–Crippen MR) is 98.2 cm³/mol. The summed E-state index contributed by atoms with van der Waals surface area (Å²) in [6, 6.07) is 4.22. The lowest BCUT2D eigenvalue weighted by Crippen LogP contribution is -2.41. The summed E-state index contributed by atoms with van der Waals surface area (Å²) >= 11 is 0. The van der Waals surface area contributed by atoms with Crippen molar-refractivity contribution in [2.24, 2.45) is 0 Å². The number of hydrogen-bond acceptors (Lipinski definition) is 4. The zero-order valence-corrected chi connectivity index (χ0v) is 15.6. The van der Waals surface area contributed by atoms with E-state index in [9.17, 15) is 4.79 Å². The van der Waals surface area contributed by atoms with Crippen molar-refractivity contribution in [1.82, 2.24) is 10.6 Å². The van der Waals surface area contributed by atoms with Gasteiger partial charge in [-0.15, -0.1) is 12.4 Å². The average Bonchev–Trinajstić information content (AvgIpc) is 2.52. The average molecular weight is 357 g/mol. The molecular weight excluding hydrogens is 328 g/mol. The highest BCUT2D eigenvalue weighted by Gasteiger charge is 2.16. The van der Waals surface area contributed by atoms with Gasteiger partial charge in [0.15, 0.2) is 0 Å². The zero-order valence-electron chi connectivity index (χ0n) is 14.8. The number of carbonyl (C=O) groups excluding carboxylic acids is 1. The van der Waals surface area contributed by atoms with Crippen molar-refractivity contribution in [3.05, 3.63) is 28.8 Å². The Hall–Kier alpha value is -1.30. The largest absolute Gasteiger partial charge is 0.493 e. The van der Waals surface area contributed by atoms with Gasteiger partial charge in [-0.1, -0.05) is 6.07 Å². The lowest BCUT2D eigenvalue weighted by atomic mass is 10.1. The van der Waals surface area contributed by atoms with Crippen LogP contribution in [0.1, 0.15) is 29.5 Å². The Bertz CT molecular complexity index is 531. The number of aryl methyl sites for hydroxylation is 2. The third kappa shape index (κ3) is 6.67. The number of benzene rings is 1. The normalized spacial score (nSPS) is 17.0. The second-order valence-electron chi connectivity index (χ2n) is 6.16. The first-order valence-electron chi connectivity index (χ1n) is 8.36. The van der Waals surface area contributed by atoms with Crippen LogP contribution in [0.4, 0.5) is 0 Å². The van der Waals surface area contributed by atoms with Crippen molar-refractivity contribution >= 4 is 18.3 Å². The number of halogens is 1. The number of nitrogens with one attached hydrogen (secondary N) is 2. The van der Waals surface area contributed by atoms with Crippen LogP contribution in [0.3, 0.4) is 0 Å². The van der Waals surface area contributed by atoms with E-state index in [1.165, 1.54) is 16.7 Å². The maximum atomic E-state index is 11.8. The van der Waals surface area contributed by atoms with Gasteiger partial charge in [-0.05, 0) is 49.9 Å². The van der Waals surface area contributed by atoms with E-state index in [4.69, 9.17) is 9.47 Å². The molecule has 1 aromatic rings. The molecule has 0 radical (unpaired) electrons. The van der Waals surface area contributed by atoms with Crippen LogP contribution in [0.15, 0.2) is 12.1 Å². The SMILES string of the molecule is Cc1cc(C)c(C)c(OCCCNC(=O)CC2CNCCO2)c1.Cl. The van der Waals surface area contributed by atoms with Crippen LogP contribution in [0, 0.1) is 20.8 Å². The van der Waals surface area contributed by atoms with Crippen LogP contribution in [-0.2, 0) is 9.53 Å². The van der Waals surface area contributed by atoms with E-state index in [1.54, 1.807) is 0 Å². The number of ether oxygens (including phenoxy) is 2. The van der Waals surface area contributed by atoms with Gasteiger partial charge in [0, 0.05) is 19.6 Å². The van der Waals surface area contributed by atoms with Gasteiger partial charge in [0.2, 0.25) is 5.91 Å². The Morgan fingerprint density at radius 3 is 2.88 bits per heavy atom. The van der Waals surface area contributed by atoms with Crippen LogP contribution < -0.4 is 15.4 Å². The first-order valence-corrected chi connectivity index (χ1v) is 8.36. The summed E-state index contributed by atoms with van der Waals surface area (Å²) in [5.41, 5.74) is 3.63. The molecule has 0 saturated carbocycles. The molecule has 1 saturated heterocycles. The van der Waals surface area contributed by atoms with Crippen molar-refractivity contribution in [2.45, 2.75) is 39.7 Å². The topological polar surface area (TPSA) is 59.6 Å². The number of amides is 1. The third-order valence-electron chi connectivity index (χ3n) is 4.08. The first-order chi connectivity index (χ1) is 11.1. The van der Waals surface area contributed by atoms with Gasteiger partial charge in [0.25, 0.3) is 0 Å². The minimum Gasteiger partial charge on any atom is -0.493 e. The van der Waals surface area contributed by atoms with Crippen LogP contribution in [0.25, 0.3) is 0 Å². The van der Waals surface area contributed by atoms with E-state index in [0.29, 0.717) is 26.2 Å². The Labute approximate surface area is 150 Å². The van der Waals surface area contributed by atoms with Crippen LogP contribution in [0.2, 0.25) is 0 Å². The molecule has 1 unspecified atom stereocenters. The summed E-state index contributed by atoms with van der Waals surface area (Å²) in [6.45, 7) is 9.77. The molecule has 1 aliphatic rings. The molecule has 0 aromatic heterocycles. The lowest BCUT2D eigenvalue weighted by molar-refractivity contribution is -0.124. The molecule has 0 bridgehead atoms. The summed E-state index contributed by atoms with van der Waals surface area (Å²) in [7, 11) is 0. The highest BCUT2D eigenvalue weighted by Crippen LogP contribution is 2.23. The van der Waals surface area contributed by atoms with Crippen molar-refractivity contribution in [2.75, 3.05) is 32.8 Å². The molecule has 1 fully saturated rings. The molecule has 2 rings (SSSR count). The standard InChI is InChI=1S/C18H28N2O3.ClH/c1-13-9-14(2)15(3)17(10-13)23-7-4-5-20-18(21)11-16-12-19-6-8-22-16;/h9-10,16,19H,4-8,11-12H2,1-3H3,(H,20,21);1H. The van der Waals surface area contributed by atoms with Gasteiger partial charge >= 0.3 is 0 Å². The van der Waals surface area contributed by atoms with Gasteiger partial charge in [0.05, 0.1) is 25.7 Å². The summed E-state index contributed by atoms with van der Waals surface area (Å²) in [5, 5.41) is 6.15. The third-order valence-corrected chi connectivity index (χ3v) is 4.08. The summed E-state index contributed by atoms with van der Waals surface area (Å²) in [5.74, 6) is 0.983. The Morgan fingerprint density at radius 2 is 2.17 bits per heavy atom. The molecule has 136 valence electrons. The second kappa shape index (κ2) is 10.5. The fourth-order valence-electron chi connectivity index (χ4n) is 2.66. The van der Waals surface area contributed by atoms with Gasteiger partial charge in [-0.2, -0.15) is 0 Å². The highest BCUT2D eigenvalue weighted by atomic mass is 35.5. The Kier molecular flexibility index (Phi) is 9.11. The van der Waals surface area contributed by atoms with Crippen molar-refractivity contribution < 1.29 is 14.3 Å². The number of rotatable bonds is 7. The van der Waals surface area contributed by atoms with E-state index in [2.05, 4.69) is 43.5 Å². The van der Waals surface area contributed by atoms with E-state index >= 15 is 0 Å². The van der Waals surface area contributed by atoms with Gasteiger partial charge in [-0.25, -0.2) is 0 Å². The lowest BCUT2D eigenvalue weighted by Gasteiger charge is -2.23. The molecule has 1 atom stereocenters. The molecule has 0 spiro atoms. The Balaban J connectivity index is 0.00000288. The molecule has 1 aliphatic heterocycles. The zero-order chi connectivity index (χ0) is 16.7. The van der Waals surface area contributed by atoms with Crippen molar-refractivity contribution in [3.8, 4) is 5.75 Å². The van der Waals surface area contributed by atoms with E-state index in [0.717, 1.165) is 25.3 Å². The maximum Gasteiger partial charge on any atom is 0.222 e. The van der Waals surface area contributed by atoms with Crippen molar-refractivity contribution in [1.29, 1.82) is 0 Å². The maximum absolute atomic E-state index is 11.8. The van der Waals surface area contributed by atoms with Crippen LogP contribution in [0.5, 0.6) is 5.75 Å². The molecule has 2 N–H and O–H groups in total. The molecule has 1 heterocycles. The van der Waals surface area contributed by atoms with Gasteiger partial charge < -0.3 is 20.1 Å². The number of morpholine rings is 1. The van der Waals surface area contributed by atoms with Crippen LogP contribution >= 0.6 is 12.4 Å². The summed E-state index contributed by atoms with van der Waals surface area (Å²) in [4.78, 5) is 11.8. The molecule has 5 nitrogen and oxygen atoms in total. The van der Waals surface area contributed by atoms with E-state index < -0.39 is 0 Å². The minimum atomic E-state index is -0.00193. The number of hydrogen-bond donors (Lipinski definition) is 2. The second-order valence-corrected chi connectivity index (χ2v) is 6.16. The summed E-state index contributed by atoms with van der Waals surface area (Å²) < 4.78 is 11.4. The minimum absolute atomic E-state index is 0. The quantitative estimate of drug-likeness (QED) is 0.736. The Morgan fingerprint density at radius 1 is 1.38 bits per heavy atom. The monoisotopic (exact) mass is 356 g/mol. The smallest absolute Gasteiger partial charge is 0.222 e. The molecule has 1 amide bonds. The number of carbonyl (C=O) groups is 1. The highest BCUT2D eigenvalue weighted by molar-refractivity contribution is 5.85. The molecule has 1 aromatic carbocycles. The van der Waals surface area contributed by atoms with E-state index in [-0.39, 0.29) is 24.4 Å². The molecular formula is C18H29ClN2O3. The van der Waals surface area contributed by atoms with Gasteiger partial charge in [0.1, 0.15) is 5.75 Å². The summed E-state index contributed by atoms with van der Waals surface area (Å²) in [6.07, 6.45) is 1.21. The molecule has 24 heavy (non-hydrogen) atoms. The predicted octanol–water partition coefficient (Wildman–Crippen LogP) is 2.30. The fraction of sp³-hybridized carbons (Fsp3) is 0.611. The fourth-order valence-corrected chi connectivity index (χ4v) is 2.66. The first kappa shape index (κ1) is 20.7. The van der Waals surface area contributed by atoms with Gasteiger partial charge in [-0.3, -0.25) is 4.79 Å². The molecule has 0 aliphatic carbocycles. The van der Waals surface area contributed by atoms with E-state index in [1.807, 2.05) is 0 Å². The van der Waals surface area contributed by atoms with Crippen molar-refractivity contribution in [3.63, 3.8) is 0 Å².